The van der Waals surface area contributed by atoms with Crippen molar-refractivity contribution in [1.82, 2.24) is 5.32 Å². The predicted molar refractivity (Wildman–Crippen MR) is 62.2 cm³/mol. The van der Waals surface area contributed by atoms with Crippen molar-refractivity contribution < 1.29 is 5.11 Å². The molecule has 2 N–H and O–H groups in total. The van der Waals surface area contributed by atoms with Gasteiger partial charge in [0, 0.05) is 18.3 Å². The second-order valence-corrected chi connectivity index (χ2v) is 4.88. The Bertz CT molecular complexity index is 340. The summed E-state index contributed by atoms with van der Waals surface area (Å²) in [7, 11) is 0. The van der Waals surface area contributed by atoms with Gasteiger partial charge in [-0.05, 0) is 18.1 Å². The molecule has 0 spiro atoms. The number of aliphatic hydroxyl groups is 1. The highest BCUT2D eigenvalue weighted by molar-refractivity contribution is 6.20. The molecule has 1 aromatic carbocycles. The van der Waals surface area contributed by atoms with Gasteiger partial charge in [-0.3, -0.25) is 0 Å². The lowest BCUT2D eigenvalue weighted by atomic mass is 10.1. The molecule has 0 aliphatic heterocycles. The first-order valence-electron chi connectivity index (χ1n) is 5.32. The molecule has 1 aliphatic carbocycles. The summed E-state index contributed by atoms with van der Waals surface area (Å²) in [5.41, 5.74) is 2.45. The van der Waals surface area contributed by atoms with Gasteiger partial charge in [-0.25, -0.2) is 0 Å². The highest BCUT2D eigenvalue weighted by atomic mass is 35.5. The van der Waals surface area contributed by atoms with E-state index in [-0.39, 0.29) is 17.5 Å². The van der Waals surface area contributed by atoms with E-state index in [1.807, 2.05) is 19.1 Å². The summed E-state index contributed by atoms with van der Waals surface area (Å²) in [6, 6.07) is 8.21. The second-order valence-electron chi connectivity index (χ2n) is 4.14. The molecule has 0 amide bonds. The fourth-order valence-corrected chi connectivity index (χ4v) is 2.20. The van der Waals surface area contributed by atoms with Gasteiger partial charge in [0.1, 0.15) is 0 Å². The average molecular weight is 226 g/mol. The molecule has 1 aliphatic rings. The summed E-state index contributed by atoms with van der Waals surface area (Å²) < 4.78 is 0. The van der Waals surface area contributed by atoms with Crippen LogP contribution in [-0.4, -0.2) is 23.1 Å². The summed E-state index contributed by atoms with van der Waals surface area (Å²) in [6.45, 7) is 2.67. The topological polar surface area (TPSA) is 32.3 Å². The monoisotopic (exact) mass is 225 g/mol. The zero-order chi connectivity index (χ0) is 10.8. The Kier molecular flexibility index (Phi) is 3.29. The third-order valence-corrected chi connectivity index (χ3v) is 2.98. The van der Waals surface area contributed by atoms with Crippen LogP contribution in [-0.2, 0) is 6.42 Å². The van der Waals surface area contributed by atoms with Gasteiger partial charge in [0.15, 0.2) is 0 Å². The fraction of sp³-hybridized carbons (Fsp3) is 0.500. The molecule has 0 radical (unpaired) electrons. The smallest absolute Gasteiger partial charge is 0.0775 e. The van der Waals surface area contributed by atoms with Crippen LogP contribution in [0.5, 0.6) is 0 Å². The third-order valence-electron chi connectivity index (χ3n) is 2.82. The Labute approximate surface area is 95.3 Å². The van der Waals surface area contributed by atoms with Gasteiger partial charge in [-0.1, -0.05) is 24.3 Å². The number of fused-ring (bicyclic) bond motifs is 1. The highest BCUT2D eigenvalue weighted by Gasteiger charge is 2.30. The minimum atomic E-state index is -0.321. The van der Waals surface area contributed by atoms with Crippen LogP contribution >= 0.6 is 11.6 Å². The summed E-state index contributed by atoms with van der Waals surface area (Å²) in [5, 5.41) is 13.3. The van der Waals surface area contributed by atoms with E-state index in [1.54, 1.807) is 0 Å². The predicted octanol–water partition coefficient (Wildman–Crippen LogP) is 1.86. The number of halogens is 1. The minimum Gasteiger partial charge on any atom is -0.391 e. The molecule has 0 saturated heterocycles. The van der Waals surface area contributed by atoms with E-state index >= 15 is 0 Å². The molecule has 0 fully saturated rings. The van der Waals surface area contributed by atoms with E-state index in [4.69, 9.17) is 11.6 Å². The van der Waals surface area contributed by atoms with E-state index in [1.165, 1.54) is 11.1 Å². The van der Waals surface area contributed by atoms with Crippen LogP contribution in [0.2, 0.25) is 0 Å². The number of aliphatic hydroxyl groups excluding tert-OH is 1. The molecule has 82 valence electrons. The summed E-state index contributed by atoms with van der Waals surface area (Å²) in [6.07, 6.45) is 0.419. The molecular formula is C12H16ClNO. The zero-order valence-electron chi connectivity index (χ0n) is 8.78. The van der Waals surface area contributed by atoms with Crippen LogP contribution in [0.1, 0.15) is 24.1 Å². The summed E-state index contributed by atoms with van der Waals surface area (Å²) in [5.74, 6) is 0. The van der Waals surface area contributed by atoms with Gasteiger partial charge in [0.2, 0.25) is 0 Å². The lowest BCUT2D eigenvalue weighted by Gasteiger charge is -2.18. The van der Waals surface area contributed by atoms with Crippen molar-refractivity contribution >= 4 is 11.6 Å². The van der Waals surface area contributed by atoms with Gasteiger partial charge >= 0.3 is 0 Å². The van der Waals surface area contributed by atoms with Gasteiger partial charge in [0.25, 0.3) is 0 Å². The largest absolute Gasteiger partial charge is 0.391 e. The number of alkyl halides is 1. The van der Waals surface area contributed by atoms with Crippen LogP contribution in [0.4, 0.5) is 0 Å². The first kappa shape index (κ1) is 10.9. The van der Waals surface area contributed by atoms with Crippen LogP contribution in [0, 0.1) is 0 Å². The molecule has 3 atom stereocenters. The van der Waals surface area contributed by atoms with Crippen LogP contribution in [0.15, 0.2) is 24.3 Å². The van der Waals surface area contributed by atoms with Crippen molar-refractivity contribution in [3.63, 3.8) is 0 Å². The highest BCUT2D eigenvalue weighted by Crippen LogP contribution is 2.31. The molecule has 0 heterocycles. The lowest BCUT2D eigenvalue weighted by Crippen LogP contribution is -2.32. The molecule has 2 nitrogen and oxygen atoms in total. The molecule has 1 aromatic rings. The maximum absolute atomic E-state index is 9.92. The maximum Gasteiger partial charge on any atom is 0.0775 e. The van der Waals surface area contributed by atoms with E-state index in [9.17, 15) is 5.11 Å². The fourth-order valence-electron chi connectivity index (χ4n) is 2.11. The van der Waals surface area contributed by atoms with E-state index < -0.39 is 0 Å². The van der Waals surface area contributed by atoms with Gasteiger partial charge in [0.05, 0.1) is 12.1 Å². The van der Waals surface area contributed by atoms with Gasteiger partial charge in [-0.15, -0.1) is 11.6 Å². The standard InChI is InChI=1S/C12H16ClNO/c1-8(13)7-14-12-10-5-3-2-4-9(10)6-11(12)15/h2-5,8,11-12,14-15H,6-7H2,1H3/t8-,11-,12+/m0/s1. The molecule has 15 heavy (non-hydrogen) atoms. The molecule has 0 saturated carbocycles. The number of hydrogen-bond acceptors (Lipinski definition) is 2. The van der Waals surface area contributed by atoms with Gasteiger partial charge < -0.3 is 10.4 Å². The second kappa shape index (κ2) is 4.52. The van der Waals surface area contributed by atoms with E-state index in [2.05, 4.69) is 17.4 Å². The van der Waals surface area contributed by atoms with Crippen LogP contribution < -0.4 is 5.32 Å². The number of hydrogen-bond donors (Lipinski definition) is 2. The molecule has 3 heteroatoms. The average Bonchev–Trinajstić information content (AvgIpc) is 2.50. The van der Waals surface area contributed by atoms with Crippen molar-refractivity contribution in [1.29, 1.82) is 0 Å². The molecular weight excluding hydrogens is 210 g/mol. The van der Waals surface area contributed by atoms with Crippen molar-refractivity contribution in [2.45, 2.75) is 30.9 Å². The molecule has 0 bridgehead atoms. The lowest BCUT2D eigenvalue weighted by molar-refractivity contribution is 0.142. The number of benzene rings is 1. The van der Waals surface area contributed by atoms with Crippen molar-refractivity contribution in [3.8, 4) is 0 Å². The van der Waals surface area contributed by atoms with Crippen molar-refractivity contribution in [2.24, 2.45) is 0 Å². The first-order chi connectivity index (χ1) is 7.18. The Morgan fingerprint density at radius 1 is 1.53 bits per heavy atom. The maximum atomic E-state index is 9.92. The zero-order valence-corrected chi connectivity index (χ0v) is 9.54. The third kappa shape index (κ3) is 2.33. The van der Waals surface area contributed by atoms with Crippen molar-refractivity contribution in [3.05, 3.63) is 35.4 Å². The Morgan fingerprint density at radius 3 is 3.00 bits per heavy atom. The Morgan fingerprint density at radius 2 is 2.27 bits per heavy atom. The van der Waals surface area contributed by atoms with Crippen LogP contribution in [0.3, 0.4) is 0 Å². The molecule has 2 rings (SSSR count). The summed E-state index contributed by atoms with van der Waals surface area (Å²) >= 11 is 5.89. The van der Waals surface area contributed by atoms with Gasteiger partial charge in [-0.2, -0.15) is 0 Å². The normalized spacial score (nSPS) is 26.3. The molecule has 0 aromatic heterocycles. The summed E-state index contributed by atoms with van der Waals surface area (Å²) in [4.78, 5) is 0. The van der Waals surface area contributed by atoms with E-state index in [0.29, 0.717) is 0 Å². The van der Waals surface area contributed by atoms with E-state index in [0.717, 1.165) is 13.0 Å². The Balaban J connectivity index is 2.11. The van der Waals surface area contributed by atoms with Crippen LogP contribution in [0.25, 0.3) is 0 Å². The SMILES string of the molecule is C[C@H](Cl)CN[C@@H]1c2ccccc2C[C@@H]1O. The minimum absolute atomic E-state index is 0.0439. The Hall–Kier alpha value is -0.570. The quantitative estimate of drug-likeness (QED) is 0.770. The number of nitrogens with one attached hydrogen (secondary N) is 1. The first-order valence-corrected chi connectivity index (χ1v) is 5.75. The number of rotatable bonds is 3. The van der Waals surface area contributed by atoms with Crippen molar-refractivity contribution in [2.75, 3.05) is 6.54 Å². The molecule has 0 unspecified atom stereocenters.